The number of ether oxygens (including phenoxy) is 2. The van der Waals surface area contributed by atoms with Gasteiger partial charge in [-0.1, -0.05) is 70.2 Å². The molecule has 0 aliphatic carbocycles. The number of esters is 2. The van der Waals surface area contributed by atoms with Gasteiger partial charge in [-0.05, 0) is 29.2 Å². The molecule has 2 aromatic carbocycles. The van der Waals surface area contributed by atoms with E-state index >= 15 is 0 Å². The van der Waals surface area contributed by atoms with E-state index in [9.17, 15) is 9.59 Å². The van der Waals surface area contributed by atoms with Crippen molar-refractivity contribution in [1.29, 1.82) is 0 Å². The van der Waals surface area contributed by atoms with Crippen LogP contribution in [-0.2, 0) is 19.7 Å². The maximum atomic E-state index is 11.9. The Bertz CT molecular complexity index is 746. The zero-order valence-corrected chi connectivity index (χ0v) is 16.5. The van der Waals surface area contributed by atoms with Crippen LogP contribution in [0, 0.1) is 5.92 Å². The Balaban J connectivity index is 1.90. The van der Waals surface area contributed by atoms with Crippen LogP contribution in [0.2, 0.25) is 0 Å². The average Bonchev–Trinajstić information content (AvgIpc) is 2.66. The molecule has 0 atom stereocenters. The molecule has 0 heterocycles. The Morgan fingerprint density at radius 3 is 2.00 bits per heavy atom. The molecule has 144 valence electrons. The Kier molecular flexibility index (Phi) is 7.17. The average molecular weight is 368 g/mol. The molecule has 0 aliphatic rings. The first-order valence-electron chi connectivity index (χ1n) is 9.31. The highest BCUT2D eigenvalue weighted by Crippen LogP contribution is 2.32. The van der Waals surface area contributed by atoms with Crippen molar-refractivity contribution in [2.45, 2.75) is 46.0 Å². The molecule has 0 N–H and O–H groups in total. The highest BCUT2D eigenvalue weighted by Gasteiger charge is 2.22. The van der Waals surface area contributed by atoms with Crippen LogP contribution in [0.25, 0.3) is 0 Å². The fourth-order valence-corrected chi connectivity index (χ4v) is 2.68. The molecule has 0 amide bonds. The Morgan fingerprint density at radius 1 is 0.852 bits per heavy atom. The summed E-state index contributed by atoms with van der Waals surface area (Å²) in [7, 11) is 0. The number of carbonyl (C=O) groups excluding carboxylic acids is 2. The third-order valence-corrected chi connectivity index (χ3v) is 4.41. The lowest BCUT2D eigenvalue weighted by Gasteiger charge is -2.26. The smallest absolute Gasteiger partial charge is 0.311 e. The van der Waals surface area contributed by atoms with Gasteiger partial charge >= 0.3 is 11.9 Å². The largest absolute Gasteiger partial charge is 0.465 e. The van der Waals surface area contributed by atoms with Crippen LogP contribution in [0.1, 0.15) is 51.7 Å². The minimum Gasteiger partial charge on any atom is -0.465 e. The van der Waals surface area contributed by atoms with E-state index in [4.69, 9.17) is 9.47 Å². The van der Waals surface area contributed by atoms with Gasteiger partial charge in [0.25, 0.3) is 0 Å². The van der Waals surface area contributed by atoms with E-state index in [0.29, 0.717) is 12.4 Å². The first-order chi connectivity index (χ1) is 12.8. The van der Waals surface area contributed by atoms with E-state index in [-0.39, 0.29) is 30.1 Å². The monoisotopic (exact) mass is 368 g/mol. The summed E-state index contributed by atoms with van der Waals surface area (Å²) in [6, 6.07) is 17.8. The molecule has 0 aliphatic heterocycles. The second-order valence-corrected chi connectivity index (χ2v) is 7.57. The molecule has 4 nitrogen and oxygen atoms in total. The van der Waals surface area contributed by atoms with Crippen molar-refractivity contribution in [2.24, 2.45) is 5.92 Å². The van der Waals surface area contributed by atoms with Gasteiger partial charge < -0.3 is 9.47 Å². The van der Waals surface area contributed by atoms with E-state index in [2.05, 4.69) is 26.0 Å². The van der Waals surface area contributed by atoms with E-state index in [1.54, 1.807) is 12.1 Å². The predicted molar refractivity (Wildman–Crippen MR) is 106 cm³/mol. The molecule has 0 spiro atoms. The fourth-order valence-electron chi connectivity index (χ4n) is 2.68. The standard InChI is InChI=1S/C23H28O4/c1-17(2)16-26-21(24)14-15-22(25)27-20-12-10-19(11-13-20)23(3,4)18-8-6-5-7-9-18/h5-13,17H,14-16H2,1-4H3. The zero-order valence-electron chi connectivity index (χ0n) is 16.5. The maximum Gasteiger partial charge on any atom is 0.311 e. The minimum absolute atomic E-state index is 0.00812. The summed E-state index contributed by atoms with van der Waals surface area (Å²) in [5.41, 5.74) is 2.20. The van der Waals surface area contributed by atoms with Crippen molar-refractivity contribution < 1.29 is 19.1 Å². The Morgan fingerprint density at radius 2 is 1.41 bits per heavy atom. The van der Waals surface area contributed by atoms with Crippen molar-refractivity contribution in [3.05, 3.63) is 65.7 Å². The third-order valence-electron chi connectivity index (χ3n) is 4.41. The summed E-state index contributed by atoms with van der Waals surface area (Å²) in [4.78, 5) is 23.5. The first kappa shape index (κ1) is 20.7. The van der Waals surface area contributed by atoms with Crippen LogP contribution < -0.4 is 4.74 Å². The van der Waals surface area contributed by atoms with Crippen LogP contribution in [0.15, 0.2) is 54.6 Å². The lowest BCUT2D eigenvalue weighted by atomic mass is 9.78. The molecule has 0 bridgehead atoms. The maximum absolute atomic E-state index is 11.9. The molecule has 2 rings (SSSR count). The van der Waals surface area contributed by atoms with Gasteiger partial charge in [-0.25, -0.2) is 0 Å². The number of benzene rings is 2. The van der Waals surface area contributed by atoms with E-state index < -0.39 is 5.97 Å². The normalized spacial score (nSPS) is 11.3. The molecule has 2 aromatic rings. The van der Waals surface area contributed by atoms with Crippen molar-refractivity contribution in [2.75, 3.05) is 6.61 Å². The lowest BCUT2D eigenvalue weighted by Crippen LogP contribution is -2.18. The quantitative estimate of drug-likeness (QED) is 0.491. The van der Waals surface area contributed by atoms with Crippen LogP contribution in [-0.4, -0.2) is 18.5 Å². The molecule has 0 saturated heterocycles. The van der Waals surface area contributed by atoms with Gasteiger partial charge in [0.2, 0.25) is 0 Å². The van der Waals surface area contributed by atoms with Crippen LogP contribution in [0.3, 0.4) is 0 Å². The molecular weight excluding hydrogens is 340 g/mol. The van der Waals surface area contributed by atoms with Gasteiger partial charge in [-0.15, -0.1) is 0 Å². The van der Waals surface area contributed by atoms with Crippen molar-refractivity contribution >= 4 is 11.9 Å². The lowest BCUT2D eigenvalue weighted by molar-refractivity contribution is -0.147. The third kappa shape index (κ3) is 6.24. The molecule has 27 heavy (non-hydrogen) atoms. The molecule has 0 radical (unpaired) electrons. The van der Waals surface area contributed by atoms with Gasteiger partial charge in [0.05, 0.1) is 19.4 Å². The summed E-state index contributed by atoms with van der Waals surface area (Å²) in [6.45, 7) is 8.61. The van der Waals surface area contributed by atoms with Gasteiger partial charge in [0.15, 0.2) is 0 Å². The second-order valence-electron chi connectivity index (χ2n) is 7.57. The molecule has 0 unspecified atom stereocenters. The van der Waals surface area contributed by atoms with E-state index in [1.807, 2.05) is 44.2 Å². The predicted octanol–water partition coefficient (Wildman–Crippen LogP) is 4.90. The molecule has 0 saturated carbocycles. The summed E-state index contributed by atoms with van der Waals surface area (Å²) < 4.78 is 10.4. The second kappa shape index (κ2) is 9.36. The molecule has 0 aromatic heterocycles. The summed E-state index contributed by atoms with van der Waals surface area (Å²) in [5.74, 6) is -0.0603. The number of hydrogen-bond donors (Lipinski definition) is 0. The Hall–Kier alpha value is -2.62. The summed E-state index contributed by atoms with van der Waals surface area (Å²) in [6.07, 6.45) is 0.0405. The number of carbonyl (C=O) groups is 2. The van der Waals surface area contributed by atoms with Crippen LogP contribution in [0.5, 0.6) is 5.75 Å². The van der Waals surface area contributed by atoms with Gasteiger partial charge in [-0.2, -0.15) is 0 Å². The van der Waals surface area contributed by atoms with Crippen LogP contribution in [0.4, 0.5) is 0 Å². The van der Waals surface area contributed by atoms with Gasteiger partial charge in [0, 0.05) is 5.41 Å². The van der Waals surface area contributed by atoms with E-state index in [1.165, 1.54) is 5.56 Å². The Labute approximate surface area is 161 Å². The number of hydrogen-bond acceptors (Lipinski definition) is 4. The number of rotatable bonds is 8. The molecular formula is C23H28O4. The summed E-state index contributed by atoms with van der Waals surface area (Å²) >= 11 is 0. The highest BCUT2D eigenvalue weighted by molar-refractivity contribution is 5.79. The van der Waals surface area contributed by atoms with Crippen molar-refractivity contribution in [1.82, 2.24) is 0 Å². The van der Waals surface area contributed by atoms with Crippen LogP contribution >= 0.6 is 0 Å². The molecule has 4 heteroatoms. The first-order valence-corrected chi connectivity index (χ1v) is 9.31. The van der Waals surface area contributed by atoms with Crippen molar-refractivity contribution in [3.63, 3.8) is 0 Å². The minimum atomic E-state index is -0.438. The highest BCUT2D eigenvalue weighted by atomic mass is 16.5. The SMILES string of the molecule is CC(C)COC(=O)CCC(=O)Oc1ccc(C(C)(C)c2ccccc2)cc1. The fraction of sp³-hybridized carbons (Fsp3) is 0.391. The summed E-state index contributed by atoms with van der Waals surface area (Å²) in [5, 5.41) is 0. The van der Waals surface area contributed by atoms with Gasteiger partial charge in [-0.3, -0.25) is 9.59 Å². The van der Waals surface area contributed by atoms with E-state index in [0.717, 1.165) is 5.56 Å². The topological polar surface area (TPSA) is 52.6 Å². The molecule has 0 fully saturated rings. The van der Waals surface area contributed by atoms with Crippen molar-refractivity contribution in [3.8, 4) is 5.75 Å². The zero-order chi connectivity index (χ0) is 19.9. The van der Waals surface area contributed by atoms with Gasteiger partial charge in [0.1, 0.15) is 5.75 Å².